The monoisotopic (exact) mass is 361 g/mol. The van der Waals surface area contributed by atoms with Gasteiger partial charge in [-0.2, -0.15) is 5.26 Å². The summed E-state index contributed by atoms with van der Waals surface area (Å²) in [6.45, 7) is 13.4. The number of hydrogen-bond donors (Lipinski definition) is 2. The van der Waals surface area contributed by atoms with Crippen molar-refractivity contribution in [2.45, 2.75) is 47.0 Å². The number of carbonyl (C=O) groups is 3. The minimum absolute atomic E-state index is 0.0117. The number of ketones is 1. The molecule has 26 heavy (non-hydrogen) atoms. The van der Waals surface area contributed by atoms with E-state index in [0.717, 1.165) is 0 Å². The number of nitrogens with two attached hydrogens (primary N) is 1. The van der Waals surface area contributed by atoms with Crippen LogP contribution in [0.3, 0.4) is 0 Å². The molecule has 0 heterocycles. The van der Waals surface area contributed by atoms with Crippen LogP contribution in [0.15, 0.2) is 35.6 Å². The maximum atomic E-state index is 12.5. The number of carbonyl (C=O) groups excluding carboxylic acids is 3. The third-order valence-electron chi connectivity index (χ3n) is 3.59. The van der Waals surface area contributed by atoms with E-state index in [4.69, 9.17) is 15.8 Å². The van der Waals surface area contributed by atoms with E-state index in [1.807, 2.05) is 27.6 Å². The lowest BCUT2D eigenvalue weighted by molar-refractivity contribution is -0.119. The molecule has 6 nitrogen and oxygen atoms in total. The van der Waals surface area contributed by atoms with Crippen molar-refractivity contribution in [3.8, 4) is 6.07 Å². The molecular weight excluding hydrogens is 330 g/mol. The maximum absolute atomic E-state index is 12.5. The highest BCUT2D eigenvalue weighted by atomic mass is 16.2. The number of nitriles is 1. The fourth-order valence-electron chi connectivity index (χ4n) is 2.29. The van der Waals surface area contributed by atoms with Gasteiger partial charge in [0.05, 0.1) is 11.8 Å². The summed E-state index contributed by atoms with van der Waals surface area (Å²) in [5.74, 6) is -0.712. The number of nitrogens with one attached hydrogen (secondary N) is 1. The molecule has 0 aromatic carbocycles. The Balaban J connectivity index is 0. The lowest BCUT2D eigenvalue weighted by Crippen LogP contribution is -2.32. The minimum Gasteiger partial charge on any atom is -0.395 e. The minimum atomic E-state index is -0.332. The Morgan fingerprint density at radius 1 is 1.27 bits per heavy atom. The lowest BCUT2D eigenvalue weighted by Gasteiger charge is -2.15. The van der Waals surface area contributed by atoms with Crippen molar-refractivity contribution in [2.75, 3.05) is 6.54 Å². The Labute approximate surface area is 156 Å². The van der Waals surface area contributed by atoms with Gasteiger partial charge < -0.3 is 15.8 Å². The van der Waals surface area contributed by atoms with E-state index in [9.17, 15) is 9.59 Å². The van der Waals surface area contributed by atoms with E-state index in [0.29, 0.717) is 37.0 Å². The van der Waals surface area contributed by atoms with Gasteiger partial charge in [0.2, 0.25) is 11.7 Å². The second-order valence-electron chi connectivity index (χ2n) is 6.17. The first-order valence-corrected chi connectivity index (χ1v) is 8.53. The van der Waals surface area contributed by atoms with Crippen molar-refractivity contribution in [3.05, 3.63) is 35.6 Å². The highest BCUT2D eigenvalue weighted by Gasteiger charge is 2.22. The largest absolute Gasteiger partial charge is 0.395 e. The summed E-state index contributed by atoms with van der Waals surface area (Å²) < 4.78 is 0. The van der Waals surface area contributed by atoms with Crippen molar-refractivity contribution in [1.29, 1.82) is 5.26 Å². The SMILES string of the molecule is C=CCCNC(=O)/C(=C(\N)C(=O)/C(C)=C/C(C)CCC#N)C(C)C.C=O. The summed E-state index contributed by atoms with van der Waals surface area (Å²) in [5, 5.41) is 11.4. The molecule has 0 aliphatic carbocycles. The van der Waals surface area contributed by atoms with Gasteiger partial charge in [0.25, 0.3) is 0 Å². The Morgan fingerprint density at radius 2 is 1.85 bits per heavy atom. The van der Waals surface area contributed by atoms with Crippen LogP contribution in [-0.4, -0.2) is 25.0 Å². The molecule has 0 bridgehead atoms. The van der Waals surface area contributed by atoms with Crippen molar-refractivity contribution in [3.63, 3.8) is 0 Å². The molecule has 0 aliphatic rings. The van der Waals surface area contributed by atoms with E-state index in [2.05, 4.69) is 18.0 Å². The Bertz CT molecular complexity index is 584. The molecule has 0 aromatic rings. The van der Waals surface area contributed by atoms with Crippen LogP contribution < -0.4 is 11.1 Å². The van der Waals surface area contributed by atoms with Crippen LogP contribution in [-0.2, 0) is 14.4 Å². The average Bonchev–Trinajstić information content (AvgIpc) is 2.60. The van der Waals surface area contributed by atoms with Gasteiger partial charge in [-0.05, 0) is 37.2 Å². The van der Waals surface area contributed by atoms with Gasteiger partial charge >= 0.3 is 0 Å². The molecule has 0 aliphatic heterocycles. The molecule has 0 rings (SSSR count). The highest BCUT2D eigenvalue weighted by Crippen LogP contribution is 2.17. The molecule has 1 amide bonds. The molecule has 1 atom stereocenters. The second kappa shape index (κ2) is 14.6. The number of amides is 1. The van der Waals surface area contributed by atoms with Gasteiger partial charge in [-0.3, -0.25) is 9.59 Å². The molecule has 0 saturated heterocycles. The van der Waals surface area contributed by atoms with Gasteiger partial charge in [-0.15, -0.1) is 6.58 Å². The molecular formula is C20H31N3O3. The van der Waals surface area contributed by atoms with Crippen LogP contribution in [0.5, 0.6) is 0 Å². The second-order valence-corrected chi connectivity index (χ2v) is 6.17. The number of rotatable bonds is 10. The first kappa shape index (κ1) is 25.6. The Morgan fingerprint density at radius 3 is 2.31 bits per heavy atom. The number of Topliss-reactive ketones (excluding diaryl/α,β-unsaturated/α-hetero) is 1. The van der Waals surface area contributed by atoms with Gasteiger partial charge in [0.15, 0.2) is 0 Å². The molecule has 0 radical (unpaired) electrons. The Hall–Kier alpha value is -2.68. The van der Waals surface area contributed by atoms with Gasteiger partial charge in [0.1, 0.15) is 6.79 Å². The molecule has 6 heteroatoms. The molecule has 0 aromatic heterocycles. The molecule has 144 valence electrons. The molecule has 0 saturated carbocycles. The van der Waals surface area contributed by atoms with Crippen LogP contribution in [0.4, 0.5) is 0 Å². The van der Waals surface area contributed by atoms with Crippen molar-refractivity contribution >= 4 is 18.5 Å². The van der Waals surface area contributed by atoms with Crippen molar-refractivity contribution in [1.82, 2.24) is 5.32 Å². The fourth-order valence-corrected chi connectivity index (χ4v) is 2.29. The third-order valence-corrected chi connectivity index (χ3v) is 3.59. The van der Waals surface area contributed by atoms with E-state index >= 15 is 0 Å². The van der Waals surface area contributed by atoms with E-state index in [1.54, 1.807) is 19.1 Å². The predicted octanol–water partition coefficient (Wildman–Crippen LogP) is 2.82. The molecule has 1 unspecified atom stereocenters. The normalized spacial score (nSPS) is 12.8. The van der Waals surface area contributed by atoms with Crippen molar-refractivity contribution < 1.29 is 14.4 Å². The average molecular weight is 361 g/mol. The van der Waals surface area contributed by atoms with Crippen LogP contribution in [0.25, 0.3) is 0 Å². The predicted molar refractivity (Wildman–Crippen MR) is 104 cm³/mol. The van der Waals surface area contributed by atoms with Crippen LogP contribution in [0, 0.1) is 23.2 Å². The van der Waals surface area contributed by atoms with Crippen molar-refractivity contribution in [2.24, 2.45) is 17.6 Å². The third kappa shape index (κ3) is 9.58. The van der Waals surface area contributed by atoms with Crippen LogP contribution in [0.1, 0.15) is 47.0 Å². The highest BCUT2D eigenvalue weighted by molar-refractivity contribution is 6.12. The zero-order chi connectivity index (χ0) is 20.7. The van der Waals surface area contributed by atoms with Gasteiger partial charge in [0, 0.05) is 18.5 Å². The zero-order valence-corrected chi connectivity index (χ0v) is 16.3. The maximum Gasteiger partial charge on any atom is 0.249 e. The molecule has 3 N–H and O–H groups in total. The van der Waals surface area contributed by atoms with Gasteiger partial charge in [-0.25, -0.2) is 0 Å². The lowest BCUT2D eigenvalue weighted by atomic mass is 9.94. The molecule has 0 spiro atoms. The number of hydrogen-bond acceptors (Lipinski definition) is 5. The fraction of sp³-hybridized carbons (Fsp3) is 0.500. The quantitative estimate of drug-likeness (QED) is 0.353. The topological polar surface area (TPSA) is 113 Å². The van der Waals surface area contributed by atoms with Crippen LogP contribution >= 0.6 is 0 Å². The number of nitrogens with zero attached hydrogens (tertiary/aromatic N) is 1. The zero-order valence-electron chi connectivity index (χ0n) is 16.3. The van der Waals surface area contributed by atoms with Gasteiger partial charge in [-0.1, -0.05) is 32.9 Å². The van der Waals surface area contributed by atoms with E-state index in [1.165, 1.54) is 0 Å². The first-order valence-electron chi connectivity index (χ1n) is 8.53. The first-order chi connectivity index (χ1) is 12.3. The summed E-state index contributed by atoms with van der Waals surface area (Å²) in [7, 11) is 0. The summed E-state index contributed by atoms with van der Waals surface area (Å²) in [6.07, 6.45) is 5.29. The van der Waals surface area contributed by atoms with E-state index in [-0.39, 0.29) is 29.2 Å². The summed E-state index contributed by atoms with van der Waals surface area (Å²) in [5.41, 5.74) is 6.79. The number of allylic oxidation sites excluding steroid dienone is 2. The smallest absolute Gasteiger partial charge is 0.249 e. The van der Waals surface area contributed by atoms with E-state index < -0.39 is 0 Å². The summed E-state index contributed by atoms with van der Waals surface area (Å²) in [6, 6.07) is 2.09. The standard InChI is InChI=1S/C19H29N3O2.CH2O/c1-6-7-11-22-19(24)16(13(2)3)17(21)18(23)15(5)12-14(4)9-8-10-20;1-2/h6,12-14H,1,7-9,11,21H2,2-5H3,(H,22,24);1H2/b15-12+,17-16-;. The summed E-state index contributed by atoms with van der Waals surface area (Å²) in [4.78, 5) is 32.8. The Kier molecular flexibility index (Phi) is 14.4. The van der Waals surface area contributed by atoms with Crippen LogP contribution in [0.2, 0.25) is 0 Å². The summed E-state index contributed by atoms with van der Waals surface area (Å²) >= 11 is 0. The molecule has 0 fully saturated rings.